The zero-order valence-corrected chi connectivity index (χ0v) is 11.1. The van der Waals surface area contributed by atoms with Crippen LogP contribution < -0.4 is 5.32 Å². The average Bonchev–Trinajstić information content (AvgIpc) is 2.89. The van der Waals surface area contributed by atoms with E-state index >= 15 is 0 Å². The normalized spacial score (nSPS) is 16.7. The maximum absolute atomic E-state index is 4.62. The molecule has 0 atom stereocenters. The summed E-state index contributed by atoms with van der Waals surface area (Å²) in [7, 11) is 0. The first kappa shape index (κ1) is 11.7. The summed E-state index contributed by atoms with van der Waals surface area (Å²) in [6.07, 6.45) is 8.43. The highest BCUT2D eigenvalue weighted by molar-refractivity contribution is 7.14. The number of nitrogens with one attached hydrogen (secondary N) is 1. The summed E-state index contributed by atoms with van der Waals surface area (Å²) in [6, 6.07) is 6.54. The van der Waals surface area contributed by atoms with Gasteiger partial charge in [0.05, 0.1) is 5.69 Å². The number of hydrogen-bond donors (Lipinski definition) is 1. The predicted molar refractivity (Wildman–Crippen MR) is 75.8 cm³/mol. The van der Waals surface area contributed by atoms with Crippen molar-refractivity contribution in [1.82, 2.24) is 9.97 Å². The minimum atomic E-state index is 0.612. The molecule has 0 spiro atoms. The van der Waals surface area contributed by atoms with E-state index in [0.29, 0.717) is 6.04 Å². The van der Waals surface area contributed by atoms with Gasteiger partial charge in [-0.2, -0.15) is 0 Å². The number of rotatable bonds is 3. The molecule has 0 bridgehead atoms. The van der Waals surface area contributed by atoms with Gasteiger partial charge in [-0.3, -0.25) is 4.98 Å². The Morgan fingerprint density at radius 1 is 1.11 bits per heavy atom. The summed E-state index contributed by atoms with van der Waals surface area (Å²) < 4.78 is 0. The number of pyridine rings is 1. The van der Waals surface area contributed by atoms with E-state index in [1.54, 1.807) is 11.3 Å². The summed E-state index contributed by atoms with van der Waals surface area (Å²) in [5.74, 6) is 0. The molecule has 1 aliphatic carbocycles. The Morgan fingerprint density at radius 2 is 2.00 bits per heavy atom. The van der Waals surface area contributed by atoms with Gasteiger partial charge in [0.2, 0.25) is 0 Å². The van der Waals surface area contributed by atoms with E-state index in [4.69, 9.17) is 0 Å². The molecular formula is C14H17N3S. The molecule has 94 valence electrons. The molecule has 1 aliphatic rings. The second kappa shape index (κ2) is 5.48. The molecule has 0 amide bonds. The number of aromatic nitrogens is 2. The van der Waals surface area contributed by atoms with Crippen molar-refractivity contribution >= 4 is 16.5 Å². The molecule has 0 aromatic carbocycles. The maximum Gasteiger partial charge on any atom is 0.183 e. The molecule has 0 radical (unpaired) electrons. The fourth-order valence-electron chi connectivity index (χ4n) is 2.39. The lowest BCUT2D eigenvalue weighted by atomic mass is 9.96. The lowest BCUT2D eigenvalue weighted by molar-refractivity contribution is 0.462. The van der Waals surface area contributed by atoms with Crippen molar-refractivity contribution in [2.45, 2.75) is 38.1 Å². The van der Waals surface area contributed by atoms with Crippen molar-refractivity contribution in [3.05, 3.63) is 29.8 Å². The van der Waals surface area contributed by atoms with Crippen LogP contribution in [-0.2, 0) is 0 Å². The fraction of sp³-hybridized carbons (Fsp3) is 0.429. The molecule has 3 rings (SSSR count). The van der Waals surface area contributed by atoms with Crippen LogP contribution in [-0.4, -0.2) is 16.0 Å². The van der Waals surface area contributed by atoms with Crippen LogP contribution in [0.25, 0.3) is 11.4 Å². The Kier molecular flexibility index (Phi) is 3.55. The molecule has 0 aliphatic heterocycles. The van der Waals surface area contributed by atoms with Crippen LogP contribution >= 0.6 is 11.3 Å². The summed E-state index contributed by atoms with van der Waals surface area (Å²) in [5, 5.41) is 6.66. The Morgan fingerprint density at radius 3 is 2.78 bits per heavy atom. The molecule has 1 N–H and O–H groups in total. The van der Waals surface area contributed by atoms with Gasteiger partial charge in [-0.1, -0.05) is 25.3 Å². The van der Waals surface area contributed by atoms with Gasteiger partial charge < -0.3 is 5.32 Å². The van der Waals surface area contributed by atoms with Crippen molar-refractivity contribution in [3.63, 3.8) is 0 Å². The Balaban J connectivity index is 1.69. The number of anilines is 1. The van der Waals surface area contributed by atoms with E-state index in [-0.39, 0.29) is 0 Å². The largest absolute Gasteiger partial charge is 0.359 e. The minimum Gasteiger partial charge on any atom is -0.359 e. The molecule has 1 fully saturated rings. The highest BCUT2D eigenvalue weighted by Gasteiger charge is 2.14. The van der Waals surface area contributed by atoms with Crippen LogP contribution in [0.5, 0.6) is 0 Å². The van der Waals surface area contributed by atoms with E-state index in [1.807, 2.05) is 24.4 Å². The standard InChI is InChI=1S/C14H17N3S/c1-2-6-11(7-3-1)16-14-17-13(10-18-14)12-8-4-5-9-15-12/h4-5,8-11H,1-3,6-7H2,(H,16,17). The fourth-order valence-corrected chi connectivity index (χ4v) is 3.18. The zero-order chi connectivity index (χ0) is 12.2. The number of hydrogen-bond acceptors (Lipinski definition) is 4. The van der Waals surface area contributed by atoms with Gasteiger partial charge >= 0.3 is 0 Å². The third-order valence-electron chi connectivity index (χ3n) is 3.36. The van der Waals surface area contributed by atoms with Gasteiger partial charge in [0.1, 0.15) is 5.69 Å². The van der Waals surface area contributed by atoms with Gasteiger partial charge in [-0.15, -0.1) is 11.3 Å². The van der Waals surface area contributed by atoms with Crippen molar-refractivity contribution < 1.29 is 0 Å². The van der Waals surface area contributed by atoms with E-state index in [2.05, 4.69) is 20.7 Å². The second-order valence-electron chi connectivity index (χ2n) is 4.73. The van der Waals surface area contributed by atoms with Crippen molar-refractivity contribution in [1.29, 1.82) is 0 Å². The van der Waals surface area contributed by atoms with Crippen LogP contribution in [0.2, 0.25) is 0 Å². The average molecular weight is 259 g/mol. The summed E-state index contributed by atoms with van der Waals surface area (Å²) in [6.45, 7) is 0. The quantitative estimate of drug-likeness (QED) is 0.907. The van der Waals surface area contributed by atoms with Crippen LogP contribution in [0.1, 0.15) is 32.1 Å². The molecule has 1 saturated carbocycles. The second-order valence-corrected chi connectivity index (χ2v) is 5.59. The summed E-state index contributed by atoms with van der Waals surface area (Å²) in [4.78, 5) is 8.95. The first-order chi connectivity index (χ1) is 8.92. The number of nitrogens with zero attached hydrogens (tertiary/aromatic N) is 2. The summed E-state index contributed by atoms with van der Waals surface area (Å²) >= 11 is 1.68. The molecule has 4 heteroatoms. The van der Waals surface area contributed by atoms with Crippen molar-refractivity contribution in [3.8, 4) is 11.4 Å². The highest BCUT2D eigenvalue weighted by Crippen LogP contribution is 2.26. The first-order valence-electron chi connectivity index (χ1n) is 6.55. The molecule has 3 nitrogen and oxygen atoms in total. The predicted octanol–water partition coefficient (Wildman–Crippen LogP) is 3.95. The molecule has 2 aromatic rings. The first-order valence-corrected chi connectivity index (χ1v) is 7.43. The lowest BCUT2D eigenvalue weighted by Crippen LogP contribution is -2.21. The van der Waals surface area contributed by atoms with Crippen LogP contribution in [0, 0.1) is 0 Å². The number of thiazole rings is 1. The molecule has 2 aromatic heterocycles. The molecule has 0 saturated heterocycles. The minimum absolute atomic E-state index is 0.612. The maximum atomic E-state index is 4.62. The van der Waals surface area contributed by atoms with Crippen molar-refractivity contribution in [2.24, 2.45) is 0 Å². The van der Waals surface area contributed by atoms with Crippen LogP contribution in [0.15, 0.2) is 29.8 Å². The van der Waals surface area contributed by atoms with Gasteiger partial charge in [0.15, 0.2) is 5.13 Å². The highest BCUT2D eigenvalue weighted by atomic mass is 32.1. The van der Waals surface area contributed by atoms with Gasteiger partial charge in [-0.25, -0.2) is 4.98 Å². The van der Waals surface area contributed by atoms with E-state index in [0.717, 1.165) is 16.5 Å². The van der Waals surface area contributed by atoms with Gasteiger partial charge in [0.25, 0.3) is 0 Å². The third kappa shape index (κ3) is 2.70. The lowest BCUT2D eigenvalue weighted by Gasteiger charge is -2.22. The van der Waals surface area contributed by atoms with E-state index < -0.39 is 0 Å². The smallest absolute Gasteiger partial charge is 0.183 e. The summed E-state index contributed by atoms with van der Waals surface area (Å²) in [5.41, 5.74) is 1.92. The molecule has 18 heavy (non-hydrogen) atoms. The van der Waals surface area contributed by atoms with Gasteiger partial charge in [-0.05, 0) is 25.0 Å². The SMILES string of the molecule is c1ccc(-c2csc(NC3CCCCC3)n2)nc1. The molecular weight excluding hydrogens is 242 g/mol. The Bertz CT molecular complexity index is 489. The van der Waals surface area contributed by atoms with Crippen molar-refractivity contribution in [2.75, 3.05) is 5.32 Å². The molecule has 0 unspecified atom stereocenters. The van der Waals surface area contributed by atoms with E-state index in [1.165, 1.54) is 32.1 Å². The van der Waals surface area contributed by atoms with Crippen LogP contribution in [0.3, 0.4) is 0 Å². The zero-order valence-electron chi connectivity index (χ0n) is 10.3. The van der Waals surface area contributed by atoms with Crippen LogP contribution in [0.4, 0.5) is 5.13 Å². The monoisotopic (exact) mass is 259 g/mol. The topological polar surface area (TPSA) is 37.8 Å². The Hall–Kier alpha value is -1.42. The van der Waals surface area contributed by atoms with Gasteiger partial charge in [0, 0.05) is 17.6 Å². The third-order valence-corrected chi connectivity index (χ3v) is 4.14. The molecule has 2 heterocycles. The van der Waals surface area contributed by atoms with E-state index in [9.17, 15) is 0 Å². The Labute approximate surface area is 111 Å².